The van der Waals surface area contributed by atoms with Crippen molar-refractivity contribution in [1.29, 1.82) is 0 Å². The lowest BCUT2D eigenvalue weighted by Crippen LogP contribution is -2.13. The molecule has 0 spiro atoms. The van der Waals surface area contributed by atoms with Crippen LogP contribution in [0.2, 0.25) is 0 Å². The minimum absolute atomic E-state index is 0.0857. The van der Waals surface area contributed by atoms with Crippen LogP contribution in [0.15, 0.2) is 60.7 Å². The molecule has 1 aromatic heterocycles. The van der Waals surface area contributed by atoms with Gasteiger partial charge in [-0.1, -0.05) is 74.9 Å². The van der Waals surface area contributed by atoms with Gasteiger partial charge < -0.3 is 0 Å². The molecule has 0 radical (unpaired) electrons. The molecule has 1 heterocycles. The minimum Gasteiger partial charge on any atom is -0.135 e. The summed E-state index contributed by atoms with van der Waals surface area (Å²) in [5.74, 6) is 0. The van der Waals surface area contributed by atoms with Gasteiger partial charge in [-0.3, -0.25) is 0 Å². The molecule has 24 heavy (non-hydrogen) atoms. The zero-order valence-corrected chi connectivity index (χ0v) is 15.5. The second-order valence-electron chi connectivity index (χ2n) is 7.58. The van der Waals surface area contributed by atoms with Gasteiger partial charge in [0, 0.05) is 20.2 Å². The molecule has 0 nitrogen and oxygen atoms in total. The highest BCUT2D eigenvalue weighted by Crippen LogP contribution is 2.44. The van der Waals surface area contributed by atoms with Gasteiger partial charge in [0.1, 0.15) is 0 Å². The van der Waals surface area contributed by atoms with E-state index in [1.807, 2.05) is 11.3 Å². The highest BCUT2D eigenvalue weighted by Gasteiger charge is 2.24. The van der Waals surface area contributed by atoms with Gasteiger partial charge in [-0.25, -0.2) is 0 Å². The van der Waals surface area contributed by atoms with Crippen LogP contribution >= 0.6 is 11.3 Å². The first-order chi connectivity index (χ1) is 11.4. The largest absolute Gasteiger partial charge is 0.135 e. The number of benzene rings is 3. The van der Waals surface area contributed by atoms with E-state index in [9.17, 15) is 0 Å². The number of hydrogen-bond donors (Lipinski definition) is 0. The molecule has 0 amide bonds. The standard InChI is InChI=1S/C23H22S/c1-15-8-7-9-16(14-15)17-12-13-20-21(22(17)23(2,3)4)18-10-5-6-11-19(18)24-20/h5-14H,1-4H3. The molecule has 4 rings (SSSR count). The molecular formula is C23H22S. The van der Waals surface area contributed by atoms with E-state index in [0.717, 1.165) is 0 Å². The molecule has 3 aromatic carbocycles. The molecule has 0 fully saturated rings. The van der Waals surface area contributed by atoms with Crippen molar-refractivity contribution < 1.29 is 0 Å². The van der Waals surface area contributed by atoms with E-state index in [2.05, 4.69) is 88.4 Å². The third-order valence-electron chi connectivity index (χ3n) is 4.62. The van der Waals surface area contributed by atoms with Crippen LogP contribution in [-0.4, -0.2) is 0 Å². The molecule has 120 valence electrons. The Kier molecular flexibility index (Phi) is 3.51. The first-order valence-corrected chi connectivity index (χ1v) is 9.28. The Morgan fingerprint density at radius 3 is 2.33 bits per heavy atom. The van der Waals surface area contributed by atoms with E-state index in [4.69, 9.17) is 0 Å². The van der Waals surface area contributed by atoms with E-state index < -0.39 is 0 Å². The first-order valence-electron chi connectivity index (χ1n) is 8.47. The van der Waals surface area contributed by atoms with Crippen LogP contribution < -0.4 is 0 Å². The molecule has 0 aliphatic heterocycles. The average Bonchev–Trinajstić information content (AvgIpc) is 2.91. The van der Waals surface area contributed by atoms with Gasteiger partial charge >= 0.3 is 0 Å². The lowest BCUT2D eigenvalue weighted by atomic mass is 9.79. The van der Waals surface area contributed by atoms with Gasteiger partial charge in [0.15, 0.2) is 0 Å². The molecule has 0 bridgehead atoms. The number of fused-ring (bicyclic) bond motifs is 3. The van der Waals surface area contributed by atoms with Crippen LogP contribution in [0, 0.1) is 6.92 Å². The van der Waals surface area contributed by atoms with E-state index in [-0.39, 0.29) is 5.41 Å². The summed E-state index contributed by atoms with van der Waals surface area (Å²) < 4.78 is 2.76. The summed E-state index contributed by atoms with van der Waals surface area (Å²) in [6, 6.07) is 22.3. The minimum atomic E-state index is 0.0857. The molecule has 0 unspecified atom stereocenters. The van der Waals surface area contributed by atoms with Gasteiger partial charge in [-0.05, 0) is 41.2 Å². The second-order valence-corrected chi connectivity index (χ2v) is 8.66. The summed E-state index contributed by atoms with van der Waals surface area (Å²) in [5.41, 5.74) is 5.53. The fourth-order valence-electron chi connectivity index (χ4n) is 3.65. The summed E-state index contributed by atoms with van der Waals surface area (Å²) >= 11 is 1.90. The molecule has 1 heteroatoms. The Morgan fingerprint density at radius 2 is 1.58 bits per heavy atom. The third-order valence-corrected chi connectivity index (χ3v) is 5.76. The van der Waals surface area contributed by atoms with Gasteiger partial charge in [-0.2, -0.15) is 0 Å². The quantitative estimate of drug-likeness (QED) is 0.343. The lowest BCUT2D eigenvalue weighted by Gasteiger charge is -2.25. The average molecular weight is 330 g/mol. The molecule has 4 aromatic rings. The molecule has 0 saturated carbocycles. The van der Waals surface area contributed by atoms with Crippen molar-refractivity contribution in [3.8, 4) is 11.1 Å². The van der Waals surface area contributed by atoms with Crippen molar-refractivity contribution >= 4 is 31.5 Å². The Morgan fingerprint density at radius 1 is 0.792 bits per heavy atom. The SMILES string of the molecule is Cc1cccc(-c2ccc3sc4ccccc4c3c2C(C)(C)C)c1. The van der Waals surface area contributed by atoms with Gasteiger partial charge in [-0.15, -0.1) is 11.3 Å². The topological polar surface area (TPSA) is 0 Å². The van der Waals surface area contributed by atoms with Crippen molar-refractivity contribution in [3.63, 3.8) is 0 Å². The van der Waals surface area contributed by atoms with Crippen LogP contribution in [0.5, 0.6) is 0 Å². The van der Waals surface area contributed by atoms with Crippen LogP contribution in [0.3, 0.4) is 0 Å². The van der Waals surface area contributed by atoms with Gasteiger partial charge in [0.05, 0.1) is 0 Å². The van der Waals surface area contributed by atoms with Gasteiger partial charge in [0.2, 0.25) is 0 Å². The predicted molar refractivity (Wildman–Crippen MR) is 108 cm³/mol. The van der Waals surface area contributed by atoms with Crippen LogP contribution in [0.4, 0.5) is 0 Å². The van der Waals surface area contributed by atoms with E-state index in [1.165, 1.54) is 42.4 Å². The molecule has 0 N–H and O–H groups in total. The maximum absolute atomic E-state index is 2.33. The molecule has 0 aliphatic rings. The summed E-state index contributed by atoms with van der Waals surface area (Å²) in [4.78, 5) is 0. The fourth-order valence-corrected chi connectivity index (χ4v) is 4.76. The summed E-state index contributed by atoms with van der Waals surface area (Å²) in [5, 5.41) is 2.82. The molecular weight excluding hydrogens is 308 g/mol. The lowest BCUT2D eigenvalue weighted by molar-refractivity contribution is 0.598. The van der Waals surface area contributed by atoms with Crippen LogP contribution in [0.25, 0.3) is 31.3 Å². The molecule has 0 atom stereocenters. The summed E-state index contributed by atoms with van der Waals surface area (Å²) in [6.45, 7) is 9.15. The molecule has 0 saturated heterocycles. The second kappa shape index (κ2) is 5.46. The Bertz CT molecular complexity index is 1040. The van der Waals surface area contributed by atoms with Gasteiger partial charge in [0.25, 0.3) is 0 Å². The number of rotatable bonds is 1. The summed E-state index contributed by atoms with van der Waals surface area (Å²) in [7, 11) is 0. The monoisotopic (exact) mass is 330 g/mol. The predicted octanol–water partition coefficient (Wildman–Crippen LogP) is 7.33. The smallest absolute Gasteiger partial charge is 0.0358 e. The van der Waals surface area contributed by atoms with Crippen LogP contribution in [0.1, 0.15) is 31.9 Å². The van der Waals surface area contributed by atoms with E-state index >= 15 is 0 Å². The number of hydrogen-bond acceptors (Lipinski definition) is 1. The Balaban J connectivity index is 2.17. The maximum Gasteiger partial charge on any atom is 0.0358 e. The van der Waals surface area contributed by atoms with E-state index in [1.54, 1.807) is 0 Å². The van der Waals surface area contributed by atoms with Crippen molar-refractivity contribution in [2.75, 3.05) is 0 Å². The zero-order chi connectivity index (χ0) is 16.9. The van der Waals surface area contributed by atoms with Crippen molar-refractivity contribution in [2.45, 2.75) is 33.1 Å². The fraction of sp³-hybridized carbons (Fsp3) is 0.217. The van der Waals surface area contributed by atoms with Crippen LogP contribution in [-0.2, 0) is 5.41 Å². The number of thiophene rings is 1. The Hall–Kier alpha value is -2.12. The van der Waals surface area contributed by atoms with Crippen molar-refractivity contribution in [3.05, 3.63) is 71.8 Å². The number of aryl methyl sites for hydroxylation is 1. The Labute approximate surface area is 147 Å². The maximum atomic E-state index is 2.33. The third kappa shape index (κ3) is 2.44. The normalized spacial score (nSPS) is 12.2. The zero-order valence-electron chi connectivity index (χ0n) is 14.7. The highest BCUT2D eigenvalue weighted by molar-refractivity contribution is 7.25. The first kappa shape index (κ1) is 15.4. The van der Waals surface area contributed by atoms with E-state index in [0.29, 0.717) is 0 Å². The highest BCUT2D eigenvalue weighted by atomic mass is 32.1. The summed E-state index contributed by atoms with van der Waals surface area (Å²) in [6.07, 6.45) is 0. The molecule has 0 aliphatic carbocycles. The van der Waals surface area contributed by atoms with Crippen molar-refractivity contribution in [1.82, 2.24) is 0 Å². The van der Waals surface area contributed by atoms with Crippen molar-refractivity contribution in [2.24, 2.45) is 0 Å².